The van der Waals surface area contributed by atoms with E-state index in [0.29, 0.717) is 6.04 Å². The zero-order valence-corrected chi connectivity index (χ0v) is 11.3. The van der Waals surface area contributed by atoms with E-state index in [0.717, 1.165) is 6.54 Å². The summed E-state index contributed by atoms with van der Waals surface area (Å²) in [5.74, 6) is 0. The summed E-state index contributed by atoms with van der Waals surface area (Å²) in [4.78, 5) is 1.35. The van der Waals surface area contributed by atoms with Crippen molar-refractivity contribution in [2.75, 3.05) is 6.54 Å². The van der Waals surface area contributed by atoms with Crippen LogP contribution in [0.25, 0.3) is 10.4 Å². The van der Waals surface area contributed by atoms with Crippen molar-refractivity contribution in [3.8, 4) is 10.4 Å². The van der Waals surface area contributed by atoms with Gasteiger partial charge in [-0.1, -0.05) is 37.3 Å². The van der Waals surface area contributed by atoms with Crippen LogP contribution >= 0.6 is 11.3 Å². The predicted molar refractivity (Wildman–Crippen MR) is 76.5 cm³/mol. The van der Waals surface area contributed by atoms with Crippen molar-refractivity contribution in [2.45, 2.75) is 26.3 Å². The Labute approximate surface area is 108 Å². The molecule has 17 heavy (non-hydrogen) atoms. The van der Waals surface area contributed by atoms with Gasteiger partial charge in [0.25, 0.3) is 0 Å². The Morgan fingerprint density at radius 1 is 1.18 bits per heavy atom. The maximum atomic E-state index is 3.56. The van der Waals surface area contributed by atoms with Gasteiger partial charge < -0.3 is 5.32 Å². The third-order valence-corrected chi connectivity index (χ3v) is 3.82. The topological polar surface area (TPSA) is 12.0 Å². The molecule has 1 heterocycles. The van der Waals surface area contributed by atoms with Crippen LogP contribution in [0, 0.1) is 0 Å². The zero-order chi connectivity index (χ0) is 12.1. The highest BCUT2D eigenvalue weighted by Gasteiger charge is 2.10. The molecule has 0 aliphatic carbocycles. The molecule has 1 N–H and O–H groups in total. The van der Waals surface area contributed by atoms with E-state index in [1.165, 1.54) is 22.4 Å². The van der Waals surface area contributed by atoms with Crippen LogP contribution in [0.2, 0.25) is 0 Å². The Kier molecular flexibility index (Phi) is 4.35. The Hall–Kier alpha value is -1.12. The molecule has 0 bridgehead atoms. The molecule has 1 aromatic carbocycles. The van der Waals surface area contributed by atoms with Gasteiger partial charge in [0.05, 0.1) is 0 Å². The largest absolute Gasteiger partial charge is 0.310 e. The van der Waals surface area contributed by atoms with Crippen LogP contribution in [0.15, 0.2) is 41.8 Å². The summed E-state index contributed by atoms with van der Waals surface area (Å²) < 4.78 is 0. The fourth-order valence-corrected chi connectivity index (χ4v) is 2.78. The summed E-state index contributed by atoms with van der Waals surface area (Å²) in [6.07, 6.45) is 1.17. The standard InChI is InChI=1S/C15H19NS/c1-3-10-16-12(2)13-7-4-5-8-14(13)15-9-6-11-17-15/h4-9,11-12,16H,3,10H2,1-2H3. The highest BCUT2D eigenvalue weighted by Crippen LogP contribution is 2.31. The molecular formula is C15H19NS. The minimum atomic E-state index is 0.410. The summed E-state index contributed by atoms with van der Waals surface area (Å²) in [6, 6.07) is 13.4. The van der Waals surface area contributed by atoms with Crippen LogP contribution in [0.3, 0.4) is 0 Å². The summed E-state index contributed by atoms with van der Waals surface area (Å²) >= 11 is 1.80. The Balaban J connectivity index is 2.28. The molecule has 2 heteroatoms. The maximum Gasteiger partial charge on any atom is 0.0346 e. The summed E-state index contributed by atoms with van der Waals surface area (Å²) in [5.41, 5.74) is 2.75. The lowest BCUT2D eigenvalue weighted by Crippen LogP contribution is -2.19. The average molecular weight is 245 g/mol. The van der Waals surface area contributed by atoms with Crippen LogP contribution in [0.5, 0.6) is 0 Å². The lowest BCUT2D eigenvalue weighted by Gasteiger charge is -2.17. The van der Waals surface area contributed by atoms with Gasteiger partial charge in [-0.25, -0.2) is 0 Å². The highest BCUT2D eigenvalue weighted by molar-refractivity contribution is 7.13. The molecule has 1 atom stereocenters. The lowest BCUT2D eigenvalue weighted by molar-refractivity contribution is 0.572. The molecular weight excluding hydrogens is 226 g/mol. The molecule has 0 saturated carbocycles. The molecule has 1 unspecified atom stereocenters. The number of nitrogens with one attached hydrogen (secondary N) is 1. The first kappa shape index (κ1) is 12.3. The summed E-state index contributed by atoms with van der Waals surface area (Å²) in [6.45, 7) is 5.51. The van der Waals surface area contributed by atoms with E-state index in [-0.39, 0.29) is 0 Å². The highest BCUT2D eigenvalue weighted by atomic mass is 32.1. The minimum Gasteiger partial charge on any atom is -0.310 e. The number of hydrogen-bond donors (Lipinski definition) is 1. The lowest BCUT2D eigenvalue weighted by atomic mass is 10.0. The van der Waals surface area contributed by atoms with Crippen LogP contribution < -0.4 is 5.32 Å². The van der Waals surface area contributed by atoms with Gasteiger partial charge in [-0.3, -0.25) is 0 Å². The minimum absolute atomic E-state index is 0.410. The fraction of sp³-hybridized carbons (Fsp3) is 0.333. The van der Waals surface area contributed by atoms with Gasteiger partial charge >= 0.3 is 0 Å². The van der Waals surface area contributed by atoms with Crippen molar-refractivity contribution in [1.29, 1.82) is 0 Å². The van der Waals surface area contributed by atoms with E-state index >= 15 is 0 Å². The first-order valence-electron chi connectivity index (χ1n) is 6.19. The molecule has 0 fully saturated rings. The van der Waals surface area contributed by atoms with Crippen LogP contribution in [0.4, 0.5) is 0 Å². The van der Waals surface area contributed by atoms with Gasteiger partial charge in [-0.2, -0.15) is 0 Å². The van der Waals surface area contributed by atoms with Gasteiger partial charge in [0.15, 0.2) is 0 Å². The Morgan fingerprint density at radius 3 is 2.71 bits per heavy atom. The molecule has 0 spiro atoms. The van der Waals surface area contributed by atoms with Crippen molar-refractivity contribution < 1.29 is 0 Å². The van der Waals surface area contributed by atoms with Crippen LogP contribution in [-0.4, -0.2) is 6.54 Å². The van der Waals surface area contributed by atoms with Gasteiger partial charge in [0.2, 0.25) is 0 Å². The second-order valence-electron chi connectivity index (χ2n) is 4.24. The number of rotatable bonds is 5. The van der Waals surface area contributed by atoms with Crippen molar-refractivity contribution in [3.63, 3.8) is 0 Å². The van der Waals surface area contributed by atoms with Crippen LogP contribution in [0.1, 0.15) is 31.9 Å². The Morgan fingerprint density at radius 2 is 2.00 bits per heavy atom. The van der Waals surface area contributed by atoms with Crippen molar-refractivity contribution >= 4 is 11.3 Å². The van der Waals surface area contributed by atoms with E-state index in [1.807, 2.05) is 0 Å². The molecule has 0 radical (unpaired) electrons. The third-order valence-electron chi connectivity index (χ3n) is 2.91. The van der Waals surface area contributed by atoms with Gasteiger partial charge in [0, 0.05) is 10.9 Å². The van der Waals surface area contributed by atoms with Crippen molar-refractivity contribution in [1.82, 2.24) is 5.32 Å². The SMILES string of the molecule is CCCNC(C)c1ccccc1-c1cccs1. The first-order chi connectivity index (χ1) is 8.33. The number of hydrogen-bond acceptors (Lipinski definition) is 2. The van der Waals surface area contributed by atoms with E-state index in [1.54, 1.807) is 11.3 Å². The van der Waals surface area contributed by atoms with Gasteiger partial charge in [-0.05, 0) is 42.5 Å². The van der Waals surface area contributed by atoms with E-state index in [9.17, 15) is 0 Å². The molecule has 1 aromatic heterocycles. The third kappa shape index (κ3) is 2.96. The fourth-order valence-electron chi connectivity index (χ4n) is 2.00. The van der Waals surface area contributed by atoms with Crippen molar-refractivity contribution in [2.24, 2.45) is 0 Å². The molecule has 90 valence electrons. The van der Waals surface area contributed by atoms with Crippen LogP contribution in [-0.2, 0) is 0 Å². The predicted octanol–water partition coefficient (Wildman–Crippen LogP) is 4.48. The monoisotopic (exact) mass is 245 g/mol. The zero-order valence-electron chi connectivity index (χ0n) is 10.4. The van der Waals surface area contributed by atoms with Gasteiger partial charge in [-0.15, -0.1) is 11.3 Å². The molecule has 0 amide bonds. The number of benzene rings is 1. The normalized spacial score (nSPS) is 12.6. The smallest absolute Gasteiger partial charge is 0.0346 e. The van der Waals surface area contributed by atoms with E-state index in [4.69, 9.17) is 0 Å². The van der Waals surface area contributed by atoms with E-state index < -0.39 is 0 Å². The quantitative estimate of drug-likeness (QED) is 0.819. The van der Waals surface area contributed by atoms with Gasteiger partial charge in [0.1, 0.15) is 0 Å². The summed E-state index contributed by atoms with van der Waals surface area (Å²) in [7, 11) is 0. The molecule has 0 saturated heterocycles. The number of thiophene rings is 1. The summed E-state index contributed by atoms with van der Waals surface area (Å²) in [5, 5.41) is 5.69. The molecule has 2 rings (SSSR count). The van der Waals surface area contributed by atoms with E-state index in [2.05, 4.69) is 60.9 Å². The Bertz CT molecular complexity index is 448. The van der Waals surface area contributed by atoms with Crippen molar-refractivity contribution in [3.05, 3.63) is 47.3 Å². The molecule has 1 nitrogen and oxygen atoms in total. The second-order valence-corrected chi connectivity index (χ2v) is 5.19. The average Bonchev–Trinajstić information content (AvgIpc) is 2.89. The molecule has 0 aliphatic heterocycles. The maximum absolute atomic E-state index is 3.56. The molecule has 2 aromatic rings. The molecule has 0 aliphatic rings. The second kappa shape index (κ2) is 5.99. The first-order valence-corrected chi connectivity index (χ1v) is 7.07.